The lowest BCUT2D eigenvalue weighted by molar-refractivity contribution is -0.385. The maximum Gasteiger partial charge on any atom is 0.331 e. The van der Waals surface area contributed by atoms with E-state index in [1.165, 1.54) is 43.3 Å². The van der Waals surface area contributed by atoms with Crippen LogP contribution in [-0.4, -0.2) is 29.7 Å². The normalized spacial score (nSPS) is 13.2. The van der Waals surface area contributed by atoms with Crippen LogP contribution < -0.4 is 14.8 Å². The highest BCUT2D eigenvalue weighted by Gasteiger charge is 2.22. The van der Waals surface area contributed by atoms with Gasteiger partial charge in [-0.1, -0.05) is 6.07 Å². The number of nitrogens with zero attached hydrogens (tertiary/aromatic N) is 1. The van der Waals surface area contributed by atoms with Gasteiger partial charge >= 0.3 is 5.97 Å². The van der Waals surface area contributed by atoms with Crippen LogP contribution in [0.15, 0.2) is 42.5 Å². The molecule has 2 aromatic carbocycles. The third-order valence-corrected chi connectivity index (χ3v) is 3.87. The Morgan fingerprint density at radius 1 is 1.28 bits per heavy atom. The Balaban J connectivity index is 1.65. The molecular weight excluding hydrogens is 387 g/mol. The van der Waals surface area contributed by atoms with Crippen molar-refractivity contribution in [3.8, 4) is 11.5 Å². The number of hydrogen-bond acceptors (Lipinski definition) is 7. The number of nitrogens with one attached hydrogen (secondary N) is 1. The number of nitro groups is 1. The molecule has 3 rings (SSSR count). The van der Waals surface area contributed by atoms with Crippen molar-refractivity contribution in [2.75, 3.05) is 12.1 Å². The van der Waals surface area contributed by atoms with Crippen LogP contribution in [0.25, 0.3) is 6.08 Å². The second kappa shape index (κ2) is 8.38. The predicted octanol–water partition coefficient (Wildman–Crippen LogP) is 3.05. The van der Waals surface area contributed by atoms with Gasteiger partial charge in [0, 0.05) is 11.8 Å². The molecule has 1 aliphatic heterocycles. The zero-order valence-corrected chi connectivity index (χ0v) is 15.1. The molecule has 1 atom stereocenters. The summed E-state index contributed by atoms with van der Waals surface area (Å²) in [6, 6.07) is 7.80. The van der Waals surface area contributed by atoms with Crippen molar-refractivity contribution in [2.45, 2.75) is 13.0 Å². The number of esters is 1. The molecule has 1 N–H and O–H groups in total. The van der Waals surface area contributed by atoms with Crippen LogP contribution in [-0.2, 0) is 14.3 Å². The van der Waals surface area contributed by atoms with Crippen molar-refractivity contribution in [1.82, 2.24) is 0 Å². The second-order valence-electron chi connectivity index (χ2n) is 5.93. The standard InChI is InChI=1S/C19H15FN2O7/c1-11(19(24)21-14-4-2-3-13(20)8-14)29-18(23)6-5-12-7-16-17(28-10-27-16)9-15(12)22(25)26/h2-9,11H,10H2,1H3,(H,21,24)/b6-5+/t11-/m1/s1. The Hall–Kier alpha value is -3.95. The van der Waals surface area contributed by atoms with E-state index in [9.17, 15) is 24.1 Å². The van der Waals surface area contributed by atoms with Crippen molar-refractivity contribution in [1.29, 1.82) is 0 Å². The van der Waals surface area contributed by atoms with Crippen molar-refractivity contribution >= 4 is 29.3 Å². The van der Waals surface area contributed by atoms with E-state index in [0.717, 1.165) is 12.1 Å². The van der Waals surface area contributed by atoms with E-state index in [1.807, 2.05) is 0 Å². The first-order chi connectivity index (χ1) is 13.8. The van der Waals surface area contributed by atoms with Gasteiger partial charge in [0.05, 0.1) is 16.6 Å². The van der Waals surface area contributed by atoms with E-state index in [4.69, 9.17) is 14.2 Å². The van der Waals surface area contributed by atoms with Crippen LogP contribution in [0.1, 0.15) is 12.5 Å². The number of hydrogen-bond donors (Lipinski definition) is 1. The highest BCUT2D eigenvalue weighted by molar-refractivity contribution is 5.96. The van der Waals surface area contributed by atoms with Crippen molar-refractivity contribution in [3.05, 3.63) is 64.0 Å². The first kappa shape index (κ1) is 19.8. The molecule has 0 saturated heterocycles. The summed E-state index contributed by atoms with van der Waals surface area (Å²) in [6.07, 6.45) is 0.956. The van der Waals surface area contributed by atoms with E-state index in [-0.39, 0.29) is 29.5 Å². The monoisotopic (exact) mass is 402 g/mol. The van der Waals surface area contributed by atoms with Gasteiger partial charge in [0.2, 0.25) is 6.79 Å². The Labute approximate surface area is 163 Å². The molecule has 1 heterocycles. The molecule has 29 heavy (non-hydrogen) atoms. The molecule has 0 fully saturated rings. The number of fused-ring (bicyclic) bond motifs is 1. The predicted molar refractivity (Wildman–Crippen MR) is 98.8 cm³/mol. The summed E-state index contributed by atoms with van der Waals surface area (Å²) in [5.74, 6) is -1.53. The van der Waals surface area contributed by atoms with E-state index in [0.29, 0.717) is 5.75 Å². The summed E-state index contributed by atoms with van der Waals surface area (Å²) in [5, 5.41) is 13.6. The SMILES string of the molecule is C[C@@H](OC(=O)/C=C/c1cc2c(cc1[N+](=O)[O-])OCO2)C(=O)Nc1cccc(F)c1. The first-order valence-electron chi connectivity index (χ1n) is 8.36. The summed E-state index contributed by atoms with van der Waals surface area (Å²) in [7, 11) is 0. The molecule has 0 aliphatic carbocycles. The molecule has 10 heteroatoms. The highest BCUT2D eigenvalue weighted by atomic mass is 19.1. The molecule has 0 spiro atoms. The number of rotatable bonds is 6. The molecule has 0 bridgehead atoms. The average Bonchev–Trinajstić information content (AvgIpc) is 3.12. The van der Waals surface area contributed by atoms with Gasteiger partial charge in [0.1, 0.15) is 5.82 Å². The van der Waals surface area contributed by atoms with Crippen LogP contribution >= 0.6 is 0 Å². The van der Waals surface area contributed by atoms with Gasteiger partial charge < -0.3 is 19.5 Å². The van der Waals surface area contributed by atoms with Gasteiger partial charge in [0.25, 0.3) is 11.6 Å². The number of carbonyl (C=O) groups is 2. The maximum absolute atomic E-state index is 13.2. The Morgan fingerprint density at radius 2 is 2.00 bits per heavy atom. The fourth-order valence-corrected chi connectivity index (χ4v) is 2.47. The molecule has 0 aromatic heterocycles. The van der Waals surface area contributed by atoms with E-state index < -0.39 is 28.7 Å². The Morgan fingerprint density at radius 3 is 2.69 bits per heavy atom. The molecule has 1 amide bonds. The number of halogens is 1. The minimum absolute atomic E-state index is 0.0559. The Kier molecular flexibility index (Phi) is 5.72. The molecule has 0 radical (unpaired) electrons. The van der Waals surface area contributed by atoms with Crippen LogP contribution in [0.5, 0.6) is 11.5 Å². The zero-order valence-electron chi connectivity index (χ0n) is 15.1. The number of anilines is 1. The summed E-state index contributed by atoms with van der Waals surface area (Å²) in [4.78, 5) is 34.6. The quantitative estimate of drug-likeness (QED) is 0.342. The summed E-state index contributed by atoms with van der Waals surface area (Å²) >= 11 is 0. The number of carbonyl (C=O) groups excluding carboxylic acids is 2. The fourth-order valence-electron chi connectivity index (χ4n) is 2.47. The van der Waals surface area contributed by atoms with Crippen molar-refractivity contribution in [2.24, 2.45) is 0 Å². The molecule has 1 aliphatic rings. The largest absolute Gasteiger partial charge is 0.454 e. The first-order valence-corrected chi connectivity index (χ1v) is 8.36. The summed E-state index contributed by atoms with van der Waals surface area (Å²) in [5.41, 5.74) is 0.0349. The number of nitro benzene ring substituents is 1. The van der Waals surface area contributed by atoms with E-state index in [2.05, 4.69) is 5.32 Å². The molecule has 150 valence electrons. The molecular formula is C19H15FN2O7. The third kappa shape index (κ3) is 4.86. The van der Waals surface area contributed by atoms with Crippen LogP contribution in [0.3, 0.4) is 0 Å². The smallest absolute Gasteiger partial charge is 0.331 e. The third-order valence-electron chi connectivity index (χ3n) is 3.87. The van der Waals surface area contributed by atoms with E-state index in [1.54, 1.807) is 0 Å². The molecule has 0 unspecified atom stereocenters. The minimum Gasteiger partial charge on any atom is -0.454 e. The molecule has 0 saturated carbocycles. The Bertz CT molecular complexity index is 1010. The lowest BCUT2D eigenvalue weighted by Crippen LogP contribution is -2.29. The van der Waals surface area contributed by atoms with Gasteiger partial charge in [0.15, 0.2) is 17.6 Å². The molecule has 9 nitrogen and oxygen atoms in total. The van der Waals surface area contributed by atoms with E-state index >= 15 is 0 Å². The van der Waals surface area contributed by atoms with Crippen molar-refractivity contribution in [3.63, 3.8) is 0 Å². The van der Waals surface area contributed by atoms with Crippen molar-refractivity contribution < 1.29 is 33.1 Å². The van der Waals surface area contributed by atoms with Crippen LogP contribution in [0, 0.1) is 15.9 Å². The van der Waals surface area contributed by atoms with Gasteiger partial charge in [-0.25, -0.2) is 9.18 Å². The summed E-state index contributed by atoms with van der Waals surface area (Å²) in [6.45, 7) is 1.28. The van der Waals surface area contributed by atoms with Crippen LogP contribution in [0.4, 0.5) is 15.8 Å². The topological polar surface area (TPSA) is 117 Å². The number of ether oxygens (including phenoxy) is 3. The van der Waals surface area contributed by atoms with Gasteiger partial charge in [-0.15, -0.1) is 0 Å². The summed E-state index contributed by atoms with van der Waals surface area (Å²) < 4.78 is 28.4. The lowest BCUT2D eigenvalue weighted by Gasteiger charge is -2.12. The number of amides is 1. The number of benzene rings is 2. The van der Waals surface area contributed by atoms with Gasteiger partial charge in [-0.3, -0.25) is 14.9 Å². The maximum atomic E-state index is 13.2. The van der Waals surface area contributed by atoms with Gasteiger partial charge in [-0.05, 0) is 37.3 Å². The second-order valence-corrected chi connectivity index (χ2v) is 5.93. The lowest BCUT2D eigenvalue weighted by atomic mass is 10.1. The van der Waals surface area contributed by atoms with Crippen LogP contribution in [0.2, 0.25) is 0 Å². The highest BCUT2D eigenvalue weighted by Crippen LogP contribution is 2.38. The van der Waals surface area contributed by atoms with Gasteiger partial charge in [-0.2, -0.15) is 0 Å². The minimum atomic E-state index is -1.18. The molecule has 2 aromatic rings. The fraction of sp³-hybridized carbons (Fsp3) is 0.158. The average molecular weight is 402 g/mol. The zero-order chi connectivity index (χ0) is 21.0.